The van der Waals surface area contributed by atoms with Gasteiger partial charge in [-0.15, -0.1) is 0 Å². The van der Waals surface area contributed by atoms with Crippen molar-refractivity contribution in [3.8, 4) is 5.88 Å². The molecule has 94 valence electrons. The van der Waals surface area contributed by atoms with Gasteiger partial charge in [-0.2, -0.15) is 0 Å². The van der Waals surface area contributed by atoms with Crippen molar-refractivity contribution in [2.24, 2.45) is 5.92 Å². The van der Waals surface area contributed by atoms with E-state index in [4.69, 9.17) is 4.74 Å². The van der Waals surface area contributed by atoms with Crippen LogP contribution in [-0.2, 0) is 6.54 Å². The van der Waals surface area contributed by atoms with Gasteiger partial charge in [-0.25, -0.2) is 4.98 Å². The molecular formula is C14H22N2O. The highest BCUT2D eigenvalue weighted by atomic mass is 16.5. The first-order chi connectivity index (χ1) is 8.29. The number of ether oxygens (including phenoxy) is 1. The van der Waals surface area contributed by atoms with Crippen LogP contribution in [0.2, 0.25) is 0 Å². The summed E-state index contributed by atoms with van der Waals surface area (Å²) >= 11 is 0. The van der Waals surface area contributed by atoms with Crippen molar-refractivity contribution < 1.29 is 4.74 Å². The lowest BCUT2D eigenvalue weighted by Gasteiger charge is -2.28. The molecule has 0 saturated heterocycles. The summed E-state index contributed by atoms with van der Waals surface area (Å²) in [6.45, 7) is 3.13. The lowest BCUT2D eigenvalue weighted by Crippen LogP contribution is -2.28. The van der Waals surface area contributed by atoms with Crippen LogP contribution in [0.5, 0.6) is 5.88 Å². The summed E-state index contributed by atoms with van der Waals surface area (Å²) in [5.74, 6) is 1.42. The van der Waals surface area contributed by atoms with Crippen LogP contribution in [0.25, 0.3) is 0 Å². The Bertz CT molecular complexity index is 337. The zero-order chi connectivity index (χ0) is 12.1. The fourth-order valence-electron chi connectivity index (χ4n) is 2.40. The van der Waals surface area contributed by atoms with Crippen molar-refractivity contribution in [3.05, 3.63) is 23.9 Å². The average Bonchev–Trinajstić information content (AvgIpc) is 2.35. The third-order valence-electron chi connectivity index (χ3n) is 3.48. The molecule has 0 bridgehead atoms. The third-order valence-corrected chi connectivity index (χ3v) is 3.48. The van der Waals surface area contributed by atoms with Crippen molar-refractivity contribution in [1.29, 1.82) is 0 Å². The SMILES string of the molecule is CNCc1ccc(OC2CCCCC2C)nc1. The predicted molar refractivity (Wildman–Crippen MR) is 69.0 cm³/mol. The van der Waals surface area contributed by atoms with Gasteiger partial charge >= 0.3 is 0 Å². The first kappa shape index (κ1) is 12.4. The number of nitrogens with zero attached hydrogens (tertiary/aromatic N) is 1. The van der Waals surface area contributed by atoms with Gasteiger partial charge in [-0.1, -0.05) is 19.4 Å². The van der Waals surface area contributed by atoms with E-state index in [1.165, 1.54) is 31.2 Å². The minimum Gasteiger partial charge on any atom is -0.474 e. The van der Waals surface area contributed by atoms with Crippen molar-refractivity contribution in [3.63, 3.8) is 0 Å². The standard InChI is InChI=1S/C14H22N2O/c1-11-5-3-4-6-13(11)17-14-8-7-12(9-15-2)10-16-14/h7-8,10-11,13,15H,3-6,9H2,1-2H3. The second-order valence-corrected chi connectivity index (χ2v) is 4.95. The molecule has 3 heteroatoms. The molecule has 0 amide bonds. The van der Waals surface area contributed by atoms with Gasteiger partial charge in [0.1, 0.15) is 6.10 Å². The normalized spacial score (nSPS) is 24.6. The first-order valence-corrected chi connectivity index (χ1v) is 6.56. The molecular weight excluding hydrogens is 212 g/mol. The minimum atomic E-state index is 0.353. The molecule has 1 heterocycles. The highest BCUT2D eigenvalue weighted by Gasteiger charge is 2.23. The number of hydrogen-bond donors (Lipinski definition) is 1. The maximum absolute atomic E-state index is 5.97. The number of hydrogen-bond acceptors (Lipinski definition) is 3. The molecule has 2 rings (SSSR count). The number of pyridine rings is 1. The highest BCUT2D eigenvalue weighted by Crippen LogP contribution is 2.27. The van der Waals surface area contributed by atoms with Crippen LogP contribution in [0.1, 0.15) is 38.2 Å². The Morgan fingerprint density at radius 1 is 1.35 bits per heavy atom. The summed E-state index contributed by atoms with van der Waals surface area (Å²) < 4.78 is 5.97. The van der Waals surface area contributed by atoms with Crippen molar-refractivity contribution in [1.82, 2.24) is 10.3 Å². The molecule has 2 atom stereocenters. The smallest absolute Gasteiger partial charge is 0.213 e. The minimum absolute atomic E-state index is 0.353. The second kappa shape index (κ2) is 6.01. The van der Waals surface area contributed by atoms with Gasteiger partial charge in [-0.3, -0.25) is 0 Å². The van der Waals surface area contributed by atoms with E-state index in [1.54, 1.807) is 0 Å². The number of rotatable bonds is 4. The molecule has 0 aromatic carbocycles. The van der Waals surface area contributed by atoms with E-state index in [1.807, 2.05) is 19.3 Å². The highest BCUT2D eigenvalue weighted by molar-refractivity contribution is 5.18. The molecule has 0 radical (unpaired) electrons. The zero-order valence-electron chi connectivity index (χ0n) is 10.8. The molecule has 0 aliphatic heterocycles. The van der Waals surface area contributed by atoms with Gasteiger partial charge in [0.05, 0.1) is 0 Å². The summed E-state index contributed by atoms with van der Waals surface area (Å²) in [6, 6.07) is 4.06. The maximum atomic E-state index is 5.97. The van der Waals surface area contributed by atoms with Gasteiger partial charge < -0.3 is 10.1 Å². The summed E-state index contributed by atoms with van der Waals surface area (Å²) in [5, 5.41) is 3.11. The molecule has 1 saturated carbocycles. The fourth-order valence-corrected chi connectivity index (χ4v) is 2.40. The van der Waals surface area contributed by atoms with Gasteiger partial charge in [0.15, 0.2) is 0 Å². The van der Waals surface area contributed by atoms with Crippen molar-refractivity contribution >= 4 is 0 Å². The van der Waals surface area contributed by atoms with Gasteiger partial charge in [0.2, 0.25) is 5.88 Å². The van der Waals surface area contributed by atoms with E-state index < -0.39 is 0 Å². The molecule has 0 spiro atoms. The lowest BCUT2D eigenvalue weighted by molar-refractivity contribution is 0.0975. The van der Waals surface area contributed by atoms with Crippen LogP contribution in [0.15, 0.2) is 18.3 Å². The van der Waals surface area contributed by atoms with Crippen molar-refractivity contribution in [2.75, 3.05) is 7.05 Å². The predicted octanol–water partition coefficient (Wildman–Crippen LogP) is 2.76. The number of aromatic nitrogens is 1. The van der Waals surface area contributed by atoms with Gasteiger partial charge in [0.25, 0.3) is 0 Å². The van der Waals surface area contributed by atoms with E-state index in [9.17, 15) is 0 Å². The van der Waals surface area contributed by atoms with Crippen LogP contribution >= 0.6 is 0 Å². The van der Waals surface area contributed by atoms with Gasteiger partial charge in [-0.05, 0) is 37.8 Å². The fraction of sp³-hybridized carbons (Fsp3) is 0.643. The molecule has 1 aliphatic rings. The molecule has 1 N–H and O–H groups in total. The van der Waals surface area contributed by atoms with E-state index in [-0.39, 0.29) is 0 Å². The van der Waals surface area contributed by atoms with Crippen LogP contribution in [0.4, 0.5) is 0 Å². The van der Waals surface area contributed by atoms with Crippen molar-refractivity contribution in [2.45, 2.75) is 45.3 Å². The summed E-state index contributed by atoms with van der Waals surface area (Å²) in [4.78, 5) is 4.36. The Hall–Kier alpha value is -1.09. The Balaban J connectivity index is 1.93. The Morgan fingerprint density at radius 2 is 2.18 bits per heavy atom. The topological polar surface area (TPSA) is 34.1 Å². The van der Waals surface area contributed by atoms with E-state index in [2.05, 4.69) is 23.3 Å². The molecule has 1 aromatic heterocycles. The zero-order valence-corrected chi connectivity index (χ0v) is 10.8. The van der Waals surface area contributed by atoms with Crippen LogP contribution in [-0.4, -0.2) is 18.1 Å². The largest absolute Gasteiger partial charge is 0.474 e. The lowest BCUT2D eigenvalue weighted by atomic mass is 9.88. The molecule has 1 aliphatic carbocycles. The maximum Gasteiger partial charge on any atom is 0.213 e. The first-order valence-electron chi connectivity index (χ1n) is 6.56. The Morgan fingerprint density at radius 3 is 2.82 bits per heavy atom. The van der Waals surface area contributed by atoms with E-state index in [0.29, 0.717) is 12.0 Å². The Kier molecular flexibility index (Phi) is 4.37. The second-order valence-electron chi connectivity index (χ2n) is 4.95. The van der Waals surface area contributed by atoms with Crippen LogP contribution in [0, 0.1) is 5.92 Å². The van der Waals surface area contributed by atoms with Crippen LogP contribution in [0.3, 0.4) is 0 Å². The monoisotopic (exact) mass is 234 g/mol. The summed E-state index contributed by atoms with van der Waals surface area (Å²) in [6.07, 6.45) is 7.32. The molecule has 17 heavy (non-hydrogen) atoms. The molecule has 1 fully saturated rings. The molecule has 2 unspecified atom stereocenters. The Labute approximate surface area is 104 Å². The molecule has 3 nitrogen and oxygen atoms in total. The van der Waals surface area contributed by atoms with E-state index in [0.717, 1.165) is 12.4 Å². The summed E-state index contributed by atoms with van der Waals surface area (Å²) in [7, 11) is 1.94. The summed E-state index contributed by atoms with van der Waals surface area (Å²) in [5.41, 5.74) is 1.19. The average molecular weight is 234 g/mol. The number of nitrogens with one attached hydrogen (secondary N) is 1. The van der Waals surface area contributed by atoms with Crippen LogP contribution < -0.4 is 10.1 Å². The third kappa shape index (κ3) is 3.43. The van der Waals surface area contributed by atoms with Gasteiger partial charge in [0, 0.05) is 18.8 Å². The quantitative estimate of drug-likeness (QED) is 0.870. The van der Waals surface area contributed by atoms with E-state index >= 15 is 0 Å². The molecule has 1 aromatic rings.